The van der Waals surface area contributed by atoms with Crippen molar-refractivity contribution in [1.29, 1.82) is 0 Å². The highest BCUT2D eigenvalue weighted by Gasteiger charge is 2.39. The Balaban J connectivity index is 2.38. The van der Waals surface area contributed by atoms with E-state index in [0.717, 1.165) is 0 Å². The Labute approximate surface area is 126 Å². The third-order valence-corrected chi connectivity index (χ3v) is 4.13. The number of ether oxygens (including phenoxy) is 1. The second-order valence-corrected chi connectivity index (χ2v) is 5.59. The minimum atomic E-state index is -1.06. The number of carbonyl (C=O) groups excluding carboxylic acids is 1. The zero-order chi connectivity index (χ0) is 14.6. The molecule has 1 atom stereocenters. The molecule has 0 aliphatic carbocycles. The van der Waals surface area contributed by atoms with E-state index < -0.39 is 5.54 Å². The molecular formula is C14H15ClN2O2S. The molecule has 0 saturated heterocycles. The average molecular weight is 311 g/mol. The number of anilines is 1. The predicted molar refractivity (Wildman–Crippen MR) is 81.2 cm³/mol. The molecule has 0 saturated carbocycles. The molecule has 106 valence electrons. The van der Waals surface area contributed by atoms with Crippen molar-refractivity contribution in [2.45, 2.75) is 19.4 Å². The number of rotatable bonds is 5. The quantitative estimate of drug-likeness (QED) is 0.856. The first-order chi connectivity index (χ1) is 9.58. The van der Waals surface area contributed by atoms with Crippen molar-refractivity contribution in [3.05, 3.63) is 45.9 Å². The summed E-state index contributed by atoms with van der Waals surface area (Å²) in [6.07, 6.45) is 1.66. The van der Waals surface area contributed by atoms with Crippen LogP contribution in [0.4, 0.5) is 5.69 Å². The summed E-state index contributed by atoms with van der Waals surface area (Å²) in [7, 11) is 0. The second-order valence-electron chi connectivity index (χ2n) is 4.29. The Morgan fingerprint density at radius 3 is 2.85 bits per heavy atom. The highest BCUT2D eigenvalue weighted by atomic mass is 35.5. The predicted octanol–water partition coefficient (Wildman–Crippen LogP) is 3.69. The lowest BCUT2D eigenvalue weighted by Crippen LogP contribution is -2.42. The molecule has 0 amide bonds. The van der Waals surface area contributed by atoms with Crippen molar-refractivity contribution in [3.63, 3.8) is 0 Å². The number of nitrogens with zero attached hydrogens (tertiary/aromatic N) is 1. The normalized spacial score (nSPS) is 13.6. The minimum Gasteiger partial charge on any atom is -0.464 e. The van der Waals surface area contributed by atoms with Crippen LogP contribution in [0.3, 0.4) is 0 Å². The Bertz CT molecular complexity index is 589. The maximum Gasteiger partial charge on any atom is 0.338 e. The van der Waals surface area contributed by atoms with E-state index in [4.69, 9.17) is 16.3 Å². The number of hydrogen-bond donors (Lipinski definition) is 1. The highest BCUT2D eigenvalue weighted by molar-refractivity contribution is 7.09. The first-order valence-electron chi connectivity index (χ1n) is 6.18. The zero-order valence-electron chi connectivity index (χ0n) is 11.2. The van der Waals surface area contributed by atoms with Gasteiger partial charge in [-0.15, -0.1) is 11.3 Å². The topological polar surface area (TPSA) is 51.2 Å². The SMILES string of the molecule is CCOC(=O)C(C)(Nc1ccccc1Cl)c1nccs1. The van der Waals surface area contributed by atoms with Gasteiger partial charge in [-0.2, -0.15) is 0 Å². The van der Waals surface area contributed by atoms with Gasteiger partial charge < -0.3 is 10.1 Å². The Morgan fingerprint density at radius 1 is 1.50 bits per heavy atom. The number of halogens is 1. The number of carbonyl (C=O) groups is 1. The molecule has 1 N–H and O–H groups in total. The van der Waals surface area contributed by atoms with Crippen molar-refractivity contribution < 1.29 is 9.53 Å². The van der Waals surface area contributed by atoms with E-state index in [9.17, 15) is 4.79 Å². The van der Waals surface area contributed by atoms with Crippen molar-refractivity contribution in [1.82, 2.24) is 4.98 Å². The summed E-state index contributed by atoms with van der Waals surface area (Å²) in [5.41, 5.74) is -0.394. The van der Waals surface area contributed by atoms with Crippen molar-refractivity contribution in [2.75, 3.05) is 11.9 Å². The van der Waals surface area contributed by atoms with E-state index >= 15 is 0 Å². The lowest BCUT2D eigenvalue weighted by Gasteiger charge is -2.27. The van der Waals surface area contributed by atoms with Gasteiger partial charge in [0.05, 0.1) is 17.3 Å². The number of para-hydroxylation sites is 1. The number of nitrogens with one attached hydrogen (secondary N) is 1. The van der Waals surface area contributed by atoms with E-state index in [-0.39, 0.29) is 5.97 Å². The van der Waals surface area contributed by atoms with E-state index in [1.54, 1.807) is 26.1 Å². The number of thiazole rings is 1. The molecule has 1 aromatic heterocycles. The first kappa shape index (κ1) is 14.8. The molecular weight excluding hydrogens is 296 g/mol. The molecule has 0 bridgehead atoms. The van der Waals surface area contributed by atoms with Gasteiger partial charge in [0.15, 0.2) is 5.54 Å². The molecule has 1 heterocycles. The van der Waals surface area contributed by atoms with Crippen LogP contribution < -0.4 is 5.32 Å². The van der Waals surface area contributed by atoms with E-state index in [2.05, 4.69) is 10.3 Å². The third kappa shape index (κ3) is 2.94. The summed E-state index contributed by atoms with van der Waals surface area (Å²) >= 11 is 7.53. The Hall–Kier alpha value is -1.59. The van der Waals surface area contributed by atoms with Gasteiger partial charge in [0.2, 0.25) is 0 Å². The van der Waals surface area contributed by atoms with Crippen LogP contribution in [-0.4, -0.2) is 17.6 Å². The molecule has 6 heteroatoms. The lowest BCUT2D eigenvalue weighted by molar-refractivity contribution is -0.148. The molecule has 0 spiro atoms. The Kier molecular flexibility index (Phi) is 4.62. The van der Waals surface area contributed by atoms with Crippen molar-refractivity contribution in [3.8, 4) is 0 Å². The number of hydrogen-bond acceptors (Lipinski definition) is 5. The first-order valence-corrected chi connectivity index (χ1v) is 7.43. The molecule has 2 aromatic rings. The van der Waals surface area contributed by atoms with E-state index in [1.807, 2.05) is 23.6 Å². The van der Waals surface area contributed by atoms with Crippen LogP contribution in [-0.2, 0) is 15.1 Å². The van der Waals surface area contributed by atoms with E-state index in [1.165, 1.54) is 11.3 Å². The zero-order valence-corrected chi connectivity index (χ0v) is 12.8. The fraction of sp³-hybridized carbons (Fsp3) is 0.286. The van der Waals surface area contributed by atoms with Gasteiger partial charge in [0.1, 0.15) is 5.01 Å². The summed E-state index contributed by atoms with van der Waals surface area (Å²) < 4.78 is 5.17. The fourth-order valence-electron chi connectivity index (χ4n) is 1.77. The maximum atomic E-state index is 12.3. The maximum absolute atomic E-state index is 12.3. The Morgan fingerprint density at radius 2 is 2.25 bits per heavy atom. The molecule has 2 rings (SSSR count). The number of aromatic nitrogens is 1. The summed E-state index contributed by atoms with van der Waals surface area (Å²) in [5.74, 6) is -0.380. The number of esters is 1. The molecule has 4 nitrogen and oxygen atoms in total. The molecule has 0 radical (unpaired) electrons. The van der Waals surface area contributed by atoms with Crippen LogP contribution in [0.15, 0.2) is 35.8 Å². The van der Waals surface area contributed by atoms with Crippen LogP contribution in [0, 0.1) is 0 Å². The van der Waals surface area contributed by atoms with Gasteiger partial charge >= 0.3 is 5.97 Å². The molecule has 1 aromatic carbocycles. The summed E-state index contributed by atoms with van der Waals surface area (Å²) in [5, 5.41) is 6.15. The smallest absolute Gasteiger partial charge is 0.338 e. The molecule has 20 heavy (non-hydrogen) atoms. The standard InChI is InChI=1S/C14H15ClN2O2S/c1-3-19-13(18)14(2,12-16-8-9-20-12)17-11-7-5-4-6-10(11)15/h4-9,17H,3H2,1-2H3. The van der Waals surface area contributed by atoms with Crippen molar-refractivity contribution in [2.24, 2.45) is 0 Å². The van der Waals surface area contributed by atoms with Gasteiger partial charge in [-0.25, -0.2) is 9.78 Å². The lowest BCUT2D eigenvalue weighted by atomic mass is 10.0. The fourth-order valence-corrected chi connectivity index (χ4v) is 2.69. The van der Waals surface area contributed by atoms with Crippen LogP contribution in [0.1, 0.15) is 18.9 Å². The highest BCUT2D eigenvalue weighted by Crippen LogP contribution is 2.32. The second kappa shape index (κ2) is 6.24. The van der Waals surface area contributed by atoms with Crippen LogP contribution in [0.5, 0.6) is 0 Å². The van der Waals surface area contributed by atoms with Crippen LogP contribution >= 0.6 is 22.9 Å². The molecule has 1 unspecified atom stereocenters. The summed E-state index contributed by atoms with van der Waals surface area (Å²) in [6.45, 7) is 3.83. The van der Waals surface area contributed by atoms with Gasteiger partial charge in [0, 0.05) is 11.6 Å². The van der Waals surface area contributed by atoms with Gasteiger partial charge in [-0.05, 0) is 26.0 Å². The van der Waals surface area contributed by atoms with Gasteiger partial charge in [-0.1, -0.05) is 23.7 Å². The minimum absolute atomic E-state index is 0.310. The van der Waals surface area contributed by atoms with Gasteiger partial charge in [0.25, 0.3) is 0 Å². The monoisotopic (exact) mass is 310 g/mol. The van der Waals surface area contributed by atoms with E-state index in [0.29, 0.717) is 22.3 Å². The van der Waals surface area contributed by atoms with Crippen LogP contribution in [0.2, 0.25) is 5.02 Å². The number of benzene rings is 1. The summed E-state index contributed by atoms with van der Waals surface area (Å²) in [4.78, 5) is 16.5. The van der Waals surface area contributed by atoms with Crippen molar-refractivity contribution >= 4 is 34.6 Å². The largest absolute Gasteiger partial charge is 0.464 e. The molecule has 0 aliphatic rings. The molecule has 0 fully saturated rings. The summed E-state index contributed by atoms with van der Waals surface area (Å²) in [6, 6.07) is 7.25. The average Bonchev–Trinajstić information content (AvgIpc) is 2.96. The van der Waals surface area contributed by atoms with Crippen LogP contribution in [0.25, 0.3) is 0 Å². The third-order valence-electron chi connectivity index (χ3n) is 2.80. The van der Waals surface area contributed by atoms with Gasteiger partial charge in [-0.3, -0.25) is 0 Å². The molecule has 0 aliphatic heterocycles.